The molecule has 9 heteroatoms. The Kier molecular flexibility index (Phi) is 7.12. The van der Waals surface area contributed by atoms with Gasteiger partial charge in [0.05, 0.1) is 11.7 Å². The van der Waals surface area contributed by atoms with Crippen molar-refractivity contribution in [2.24, 2.45) is 5.92 Å². The van der Waals surface area contributed by atoms with Crippen LogP contribution in [0.25, 0.3) is 0 Å². The Morgan fingerprint density at radius 3 is 2.66 bits per heavy atom. The van der Waals surface area contributed by atoms with Gasteiger partial charge in [-0.05, 0) is 55.2 Å². The normalized spacial score (nSPS) is 17.9. The summed E-state index contributed by atoms with van der Waals surface area (Å²) in [5, 5.41) is 4.20. The van der Waals surface area contributed by atoms with E-state index >= 15 is 0 Å². The molecule has 1 aliphatic heterocycles. The van der Waals surface area contributed by atoms with Gasteiger partial charge in [0.25, 0.3) is 0 Å². The van der Waals surface area contributed by atoms with Gasteiger partial charge in [0, 0.05) is 33.8 Å². The minimum Gasteiger partial charge on any atom is -0.326 e. The number of benzene rings is 2. The number of anilines is 1. The van der Waals surface area contributed by atoms with Gasteiger partial charge in [-0.25, -0.2) is 12.7 Å². The van der Waals surface area contributed by atoms with Gasteiger partial charge in [0.2, 0.25) is 15.9 Å². The standard InChI is InChI=1S/C20H21Cl3N2O3S/c1-13-17(22)5-2-6-19(13)24-20(26)14-4-3-9-25(11-14)29(27,28)12-15-7-8-16(21)10-18(15)23/h2,5-8,10,14H,3-4,9,11-12H2,1H3,(H,24,26)/t14-/m1/s1. The number of carbonyl (C=O) groups is 1. The summed E-state index contributed by atoms with van der Waals surface area (Å²) >= 11 is 18.1. The lowest BCUT2D eigenvalue weighted by Crippen LogP contribution is -2.44. The van der Waals surface area contributed by atoms with Crippen molar-refractivity contribution in [2.75, 3.05) is 18.4 Å². The van der Waals surface area contributed by atoms with Gasteiger partial charge in [0.15, 0.2) is 0 Å². The summed E-state index contributed by atoms with van der Waals surface area (Å²) in [5.74, 6) is -0.873. The number of nitrogens with zero attached hydrogens (tertiary/aromatic N) is 1. The number of amides is 1. The number of hydrogen-bond acceptors (Lipinski definition) is 3. The van der Waals surface area contributed by atoms with Gasteiger partial charge in [0.1, 0.15) is 0 Å². The Morgan fingerprint density at radius 2 is 1.93 bits per heavy atom. The molecule has 0 saturated carbocycles. The van der Waals surface area contributed by atoms with Gasteiger partial charge in [-0.2, -0.15) is 0 Å². The first-order valence-corrected chi connectivity index (χ1v) is 11.9. The number of sulfonamides is 1. The maximum atomic E-state index is 12.9. The molecule has 0 aromatic heterocycles. The molecule has 2 aromatic carbocycles. The van der Waals surface area contributed by atoms with Crippen molar-refractivity contribution < 1.29 is 13.2 Å². The summed E-state index contributed by atoms with van der Waals surface area (Å²) < 4.78 is 27.2. The quantitative estimate of drug-likeness (QED) is 0.651. The van der Waals surface area contributed by atoms with Crippen molar-refractivity contribution in [3.8, 4) is 0 Å². The number of halogens is 3. The Bertz CT molecular complexity index is 1030. The van der Waals surface area contributed by atoms with E-state index in [4.69, 9.17) is 34.8 Å². The second-order valence-electron chi connectivity index (χ2n) is 7.09. The summed E-state index contributed by atoms with van der Waals surface area (Å²) in [5.41, 5.74) is 1.90. The Morgan fingerprint density at radius 1 is 1.17 bits per heavy atom. The fourth-order valence-electron chi connectivity index (χ4n) is 3.31. The fraction of sp³-hybridized carbons (Fsp3) is 0.350. The molecule has 2 aromatic rings. The average Bonchev–Trinajstić information content (AvgIpc) is 2.68. The molecule has 0 bridgehead atoms. The highest BCUT2D eigenvalue weighted by molar-refractivity contribution is 7.88. The number of piperidine rings is 1. The highest BCUT2D eigenvalue weighted by atomic mass is 35.5. The largest absolute Gasteiger partial charge is 0.326 e. The highest BCUT2D eigenvalue weighted by Gasteiger charge is 2.33. The zero-order valence-corrected chi connectivity index (χ0v) is 18.9. The topological polar surface area (TPSA) is 66.5 Å². The molecular weight excluding hydrogens is 455 g/mol. The molecule has 156 valence electrons. The van der Waals surface area contributed by atoms with Crippen LogP contribution in [0, 0.1) is 12.8 Å². The first-order chi connectivity index (χ1) is 13.7. The molecule has 1 N–H and O–H groups in total. The third-order valence-electron chi connectivity index (χ3n) is 5.03. The van der Waals surface area contributed by atoms with Gasteiger partial charge in [-0.3, -0.25) is 4.79 Å². The van der Waals surface area contributed by atoms with E-state index in [1.54, 1.807) is 30.3 Å². The van der Waals surface area contributed by atoms with E-state index in [-0.39, 0.29) is 18.2 Å². The van der Waals surface area contributed by atoms with Crippen LogP contribution in [0.5, 0.6) is 0 Å². The van der Waals surface area contributed by atoms with Crippen LogP contribution >= 0.6 is 34.8 Å². The number of carbonyl (C=O) groups excluding carboxylic acids is 1. The van der Waals surface area contributed by atoms with E-state index in [0.717, 1.165) is 5.56 Å². The van der Waals surface area contributed by atoms with Crippen molar-refractivity contribution in [1.82, 2.24) is 4.31 Å². The first kappa shape index (κ1) is 22.4. The third-order valence-corrected chi connectivity index (χ3v) is 7.82. The summed E-state index contributed by atoms with van der Waals surface area (Å²) in [6, 6.07) is 10.0. The maximum absolute atomic E-state index is 12.9. The van der Waals surface area contributed by atoms with Crippen molar-refractivity contribution in [3.05, 3.63) is 62.6 Å². The minimum absolute atomic E-state index is 0.138. The van der Waals surface area contributed by atoms with Gasteiger partial charge < -0.3 is 5.32 Å². The van der Waals surface area contributed by atoms with Crippen molar-refractivity contribution >= 4 is 56.4 Å². The van der Waals surface area contributed by atoms with Crippen LogP contribution in [0.15, 0.2) is 36.4 Å². The highest BCUT2D eigenvalue weighted by Crippen LogP contribution is 2.28. The van der Waals surface area contributed by atoms with Crippen molar-refractivity contribution in [3.63, 3.8) is 0 Å². The molecule has 1 heterocycles. The lowest BCUT2D eigenvalue weighted by molar-refractivity contribution is -0.120. The SMILES string of the molecule is Cc1c(Cl)cccc1NC(=O)[C@@H]1CCCN(S(=O)(=O)Cc2ccc(Cl)cc2Cl)C1. The van der Waals surface area contributed by atoms with Gasteiger partial charge in [-0.1, -0.05) is 46.9 Å². The predicted octanol–water partition coefficient (Wildman–Crippen LogP) is 5.14. The van der Waals surface area contributed by atoms with E-state index in [1.165, 1.54) is 10.4 Å². The molecule has 1 atom stereocenters. The van der Waals surface area contributed by atoms with Crippen LogP contribution < -0.4 is 5.32 Å². The van der Waals surface area contributed by atoms with Crippen LogP contribution in [0.2, 0.25) is 15.1 Å². The van der Waals surface area contributed by atoms with E-state index < -0.39 is 15.9 Å². The molecule has 1 fully saturated rings. The van der Waals surface area contributed by atoms with E-state index in [0.29, 0.717) is 45.7 Å². The molecular formula is C20H21Cl3N2O3S. The van der Waals surface area contributed by atoms with Crippen LogP contribution in [0.3, 0.4) is 0 Å². The zero-order valence-electron chi connectivity index (χ0n) is 15.8. The van der Waals surface area contributed by atoms with Crippen LogP contribution in [0.4, 0.5) is 5.69 Å². The maximum Gasteiger partial charge on any atom is 0.228 e. The molecule has 1 aliphatic rings. The van der Waals surface area contributed by atoms with Gasteiger partial charge >= 0.3 is 0 Å². The fourth-order valence-corrected chi connectivity index (χ4v) is 5.68. The molecule has 29 heavy (non-hydrogen) atoms. The molecule has 1 saturated heterocycles. The molecule has 0 aliphatic carbocycles. The Balaban J connectivity index is 1.70. The van der Waals surface area contributed by atoms with Crippen molar-refractivity contribution in [1.29, 1.82) is 0 Å². The van der Waals surface area contributed by atoms with Crippen LogP contribution in [-0.4, -0.2) is 31.7 Å². The summed E-state index contributed by atoms with van der Waals surface area (Å²) in [4.78, 5) is 12.7. The first-order valence-electron chi connectivity index (χ1n) is 9.15. The smallest absolute Gasteiger partial charge is 0.228 e. The van der Waals surface area contributed by atoms with E-state index in [9.17, 15) is 13.2 Å². The second kappa shape index (κ2) is 9.23. The van der Waals surface area contributed by atoms with Crippen molar-refractivity contribution in [2.45, 2.75) is 25.5 Å². The monoisotopic (exact) mass is 474 g/mol. The molecule has 1 amide bonds. The third kappa shape index (κ3) is 5.44. The van der Waals surface area contributed by atoms with E-state index in [1.807, 2.05) is 6.92 Å². The molecule has 5 nitrogen and oxygen atoms in total. The Labute approximate surface area is 186 Å². The van der Waals surface area contributed by atoms with Crippen LogP contribution in [0.1, 0.15) is 24.0 Å². The van der Waals surface area contributed by atoms with E-state index in [2.05, 4.69) is 5.32 Å². The Hall–Kier alpha value is -1.31. The summed E-state index contributed by atoms with van der Waals surface area (Å²) in [6.07, 6.45) is 1.24. The van der Waals surface area contributed by atoms with Crippen LogP contribution in [-0.2, 0) is 20.6 Å². The molecule has 0 unspecified atom stereocenters. The lowest BCUT2D eigenvalue weighted by Gasteiger charge is -2.31. The number of hydrogen-bond donors (Lipinski definition) is 1. The molecule has 0 radical (unpaired) electrons. The minimum atomic E-state index is -3.62. The average molecular weight is 476 g/mol. The second-order valence-corrected chi connectivity index (χ2v) is 10.3. The predicted molar refractivity (Wildman–Crippen MR) is 118 cm³/mol. The summed E-state index contributed by atoms with van der Waals surface area (Å²) in [6.45, 7) is 2.35. The zero-order chi connectivity index (χ0) is 21.2. The van der Waals surface area contributed by atoms with Gasteiger partial charge in [-0.15, -0.1) is 0 Å². The molecule has 3 rings (SSSR count). The number of nitrogens with one attached hydrogen (secondary N) is 1. The molecule has 0 spiro atoms. The summed E-state index contributed by atoms with van der Waals surface area (Å²) in [7, 11) is -3.62. The number of rotatable bonds is 5. The lowest BCUT2D eigenvalue weighted by atomic mass is 9.98.